The molecule has 19 heavy (non-hydrogen) atoms. The van der Waals surface area contributed by atoms with E-state index in [1.54, 1.807) is 11.8 Å². The molecule has 1 aromatic carbocycles. The topological polar surface area (TPSA) is 29.1 Å². The standard InChI is InChI=1S/C16H21NOS/c1-19-15-4-2-3-14(10-15)17-16(18)9-13-8-11-5-6-12(13)7-11/h2-4,10-13H,5-9H2,1H3,(H,17,18)/t11-,12-,13+/m1/s1. The Morgan fingerprint density at radius 3 is 2.95 bits per heavy atom. The van der Waals surface area contributed by atoms with Gasteiger partial charge in [0.1, 0.15) is 0 Å². The zero-order valence-electron chi connectivity index (χ0n) is 11.4. The lowest BCUT2D eigenvalue weighted by Gasteiger charge is -2.20. The molecule has 0 heterocycles. The van der Waals surface area contributed by atoms with Gasteiger partial charge in [0.15, 0.2) is 0 Å². The maximum absolute atomic E-state index is 12.1. The van der Waals surface area contributed by atoms with Crippen molar-refractivity contribution >= 4 is 23.4 Å². The molecule has 0 unspecified atom stereocenters. The van der Waals surface area contributed by atoms with Crippen LogP contribution in [0.15, 0.2) is 29.2 Å². The summed E-state index contributed by atoms with van der Waals surface area (Å²) in [6.45, 7) is 0. The maximum Gasteiger partial charge on any atom is 0.224 e. The number of rotatable bonds is 4. The molecule has 2 aliphatic rings. The second-order valence-corrected chi connectivity index (χ2v) is 6.80. The van der Waals surface area contributed by atoms with Crippen molar-refractivity contribution in [3.8, 4) is 0 Å². The highest BCUT2D eigenvalue weighted by Crippen LogP contribution is 2.49. The first-order valence-corrected chi connectivity index (χ1v) is 8.41. The molecule has 0 saturated heterocycles. The number of nitrogens with one attached hydrogen (secondary N) is 1. The van der Waals surface area contributed by atoms with E-state index >= 15 is 0 Å². The van der Waals surface area contributed by atoms with Gasteiger partial charge in [-0.3, -0.25) is 4.79 Å². The van der Waals surface area contributed by atoms with Gasteiger partial charge in [0.25, 0.3) is 0 Å². The van der Waals surface area contributed by atoms with Gasteiger partial charge in [0, 0.05) is 17.0 Å². The average molecular weight is 275 g/mol. The molecule has 2 aliphatic carbocycles. The van der Waals surface area contributed by atoms with E-state index in [1.807, 2.05) is 18.2 Å². The van der Waals surface area contributed by atoms with Gasteiger partial charge in [-0.15, -0.1) is 11.8 Å². The summed E-state index contributed by atoms with van der Waals surface area (Å²) in [5.74, 6) is 2.58. The van der Waals surface area contributed by atoms with Crippen LogP contribution < -0.4 is 5.32 Å². The molecule has 3 rings (SSSR count). The molecule has 1 N–H and O–H groups in total. The number of carbonyl (C=O) groups is 1. The summed E-state index contributed by atoms with van der Waals surface area (Å²) >= 11 is 1.70. The van der Waals surface area contributed by atoms with Crippen LogP contribution in [0.5, 0.6) is 0 Å². The van der Waals surface area contributed by atoms with Gasteiger partial charge in [0.05, 0.1) is 0 Å². The lowest BCUT2D eigenvalue weighted by Crippen LogP contribution is -2.20. The van der Waals surface area contributed by atoms with Crippen LogP contribution in [0.3, 0.4) is 0 Å². The quantitative estimate of drug-likeness (QED) is 0.835. The number of benzene rings is 1. The van der Waals surface area contributed by atoms with E-state index in [-0.39, 0.29) is 5.91 Å². The fourth-order valence-electron chi connectivity index (χ4n) is 3.78. The summed E-state index contributed by atoms with van der Waals surface area (Å²) in [5.41, 5.74) is 0.931. The molecule has 2 fully saturated rings. The number of thioether (sulfide) groups is 1. The van der Waals surface area contributed by atoms with Crippen molar-refractivity contribution in [2.24, 2.45) is 17.8 Å². The van der Waals surface area contributed by atoms with Crippen molar-refractivity contribution in [2.75, 3.05) is 11.6 Å². The highest BCUT2D eigenvalue weighted by Gasteiger charge is 2.40. The lowest BCUT2D eigenvalue weighted by molar-refractivity contribution is -0.117. The van der Waals surface area contributed by atoms with Crippen LogP contribution in [0.2, 0.25) is 0 Å². The third kappa shape index (κ3) is 2.97. The minimum absolute atomic E-state index is 0.191. The maximum atomic E-state index is 12.1. The van der Waals surface area contributed by atoms with Crippen LogP contribution in [0, 0.1) is 17.8 Å². The van der Waals surface area contributed by atoms with Crippen molar-refractivity contribution in [2.45, 2.75) is 37.0 Å². The Hall–Kier alpha value is -0.960. The fourth-order valence-corrected chi connectivity index (χ4v) is 4.24. The molecule has 3 heteroatoms. The molecule has 2 bridgehead atoms. The molecule has 1 aromatic rings. The third-order valence-electron chi connectivity index (χ3n) is 4.69. The van der Waals surface area contributed by atoms with Crippen molar-refractivity contribution in [1.29, 1.82) is 0 Å². The molecule has 0 radical (unpaired) electrons. The van der Waals surface area contributed by atoms with Gasteiger partial charge >= 0.3 is 0 Å². The van der Waals surface area contributed by atoms with E-state index < -0.39 is 0 Å². The highest BCUT2D eigenvalue weighted by atomic mass is 32.2. The van der Waals surface area contributed by atoms with Crippen LogP contribution in [0.4, 0.5) is 5.69 Å². The Balaban J connectivity index is 1.56. The van der Waals surface area contributed by atoms with Crippen LogP contribution in [0.1, 0.15) is 32.1 Å². The van der Waals surface area contributed by atoms with Crippen molar-refractivity contribution < 1.29 is 4.79 Å². The predicted octanol–water partition coefficient (Wildman–Crippen LogP) is 4.17. The number of carbonyl (C=O) groups excluding carboxylic acids is 1. The molecule has 1 amide bonds. The number of hydrogen-bond donors (Lipinski definition) is 1. The first-order chi connectivity index (χ1) is 9.24. The van der Waals surface area contributed by atoms with E-state index in [0.29, 0.717) is 12.3 Å². The minimum atomic E-state index is 0.191. The van der Waals surface area contributed by atoms with Crippen LogP contribution >= 0.6 is 11.8 Å². The van der Waals surface area contributed by atoms with Crippen LogP contribution in [-0.2, 0) is 4.79 Å². The predicted molar refractivity (Wildman–Crippen MR) is 80.4 cm³/mol. The first-order valence-electron chi connectivity index (χ1n) is 7.18. The number of amides is 1. The molecule has 3 atom stereocenters. The summed E-state index contributed by atoms with van der Waals surface area (Å²) in [6, 6.07) is 8.08. The van der Waals surface area contributed by atoms with Gasteiger partial charge < -0.3 is 5.32 Å². The van der Waals surface area contributed by atoms with E-state index in [2.05, 4.69) is 17.6 Å². The average Bonchev–Trinajstić information content (AvgIpc) is 3.01. The zero-order chi connectivity index (χ0) is 13.2. The van der Waals surface area contributed by atoms with Crippen molar-refractivity contribution in [3.63, 3.8) is 0 Å². The van der Waals surface area contributed by atoms with E-state index in [9.17, 15) is 4.79 Å². The number of fused-ring (bicyclic) bond motifs is 2. The van der Waals surface area contributed by atoms with E-state index in [0.717, 1.165) is 17.5 Å². The lowest BCUT2D eigenvalue weighted by atomic mass is 9.86. The molecular weight excluding hydrogens is 254 g/mol. The largest absolute Gasteiger partial charge is 0.326 e. The summed E-state index contributed by atoms with van der Waals surface area (Å²) in [4.78, 5) is 13.3. The molecule has 2 saturated carbocycles. The van der Waals surface area contributed by atoms with E-state index in [1.165, 1.54) is 30.6 Å². The number of hydrogen-bond acceptors (Lipinski definition) is 2. The van der Waals surface area contributed by atoms with Crippen molar-refractivity contribution in [1.82, 2.24) is 0 Å². The van der Waals surface area contributed by atoms with Gasteiger partial charge in [-0.1, -0.05) is 12.5 Å². The van der Waals surface area contributed by atoms with Gasteiger partial charge in [0.2, 0.25) is 5.91 Å². The smallest absolute Gasteiger partial charge is 0.224 e. The molecule has 0 spiro atoms. The summed E-state index contributed by atoms with van der Waals surface area (Å²) in [5, 5.41) is 3.05. The van der Waals surface area contributed by atoms with Gasteiger partial charge in [-0.25, -0.2) is 0 Å². The molecule has 102 valence electrons. The van der Waals surface area contributed by atoms with Gasteiger partial charge in [-0.05, 0) is 61.5 Å². The van der Waals surface area contributed by atoms with E-state index in [4.69, 9.17) is 0 Å². The third-order valence-corrected chi connectivity index (χ3v) is 5.41. The molecule has 0 aliphatic heterocycles. The highest BCUT2D eigenvalue weighted by molar-refractivity contribution is 7.98. The fraction of sp³-hybridized carbons (Fsp3) is 0.562. The first kappa shape index (κ1) is 13.0. The summed E-state index contributed by atoms with van der Waals surface area (Å²) in [7, 11) is 0. The Bertz CT molecular complexity index is 474. The normalized spacial score (nSPS) is 28.6. The monoisotopic (exact) mass is 275 g/mol. The molecular formula is C16H21NOS. The van der Waals surface area contributed by atoms with Gasteiger partial charge in [-0.2, -0.15) is 0 Å². The van der Waals surface area contributed by atoms with Crippen LogP contribution in [-0.4, -0.2) is 12.2 Å². The Labute approximate surface area is 119 Å². The zero-order valence-corrected chi connectivity index (χ0v) is 12.2. The Morgan fingerprint density at radius 1 is 1.37 bits per heavy atom. The summed E-state index contributed by atoms with van der Waals surface area (Å²) < 4.78 is 0. The van der Waals surface area contributed by atoms with Crippen molar-refractivity contribution in [3.05, 3.63) is 24.3 Å². The molecule has 0 aromatic heterocycles. The second-order valence-electron chi connectivity index (χ2n) is 5.92. The Kier molecular flexibility index (Phi) is 3.83. The minimum Gasteiger partial charge on any atom is -0.326 e. The number of anilines is 1. The second kappa shape index (κ2) is 5.58. The summed E-state index contributed by atoms with van der Waals surface area (Å²) in [6.07, 6.45) is 8.17. The molecule has 2 nitrogen and oxygen atoms in total. The van der Waals surface area contributed by atoms with Crippen LogP contribution in [0.25, 0.3) is 0 Å². The SMILES string of the molecule is CSc1cccc(NC(=O)C[C@@H]2C[C@@H]3CC[C@@H]2C3)c1. The Morgan fingerprint density at radius 2 is 2.26 bits per heavy atom.